The van der Waals surface area contributed by atoms with Crippen molar-refractivity contribution in [2.45, 2.75) is 24.9 Å². The van der Waals surface area contributed by atoms with E-state index in [1.807, 2.05) is 6.07 Å². The first-order chi connectivity index (χ1) is 14.7. The molecule has 3 aromatic rings. The van der Waals surface area contributed by atoms with Gasteiger partial charge >= 0.3 is 0 Å². The van der Waals surface area contributed by atoms with Crippen LogP contribution in [0, 0.1) is 10.1 Å². The van der Waals surface area contributed by atoms with E-state index < -0.39 is 0 Å². The summed E-state index contributed by atoms with van der Waals surface area (Å²) >= 11 is 0. The van der Waals surface area contributed by atoms with Gasteiger partial charge < -0.3 is 9.64 Å². The molecule has 1 aliphatic rings. The van der Waals surface area contributed by atoms with Crippen molar-refractivity contribution in [2.24, 2.45) is 0 Å². The van der Waals surface area contributed by atoms with Crippen LogP contribution in [0.15, 0.2) is 84.9 Å². The molecule has 6 heteroatoms. The maximum Gasteiger partial charge on any atom is 0.269 e. The van der Waals surface area contributed by atoms with Crippen molar-refractivity contribution in [1.82, 2.24) is 4.90 Å². The van der Waals surface area contributed by atoms with Gasteiger partial charge in [-0.3, -0.25) is 10.1 Å². The highest BCUT2D eigenvalue weighted by Crippen LogP contribution is 2.31. The first-order valence-electron chi connectivity index (χ1n) is 10.4. The van der Waals surface area contributed by atoms with E-state index in [1.54, 1.807) is 12.1 Å². The van der Waals surface area contributed by atoms with Crippen molar-refractivity contribution in [3.05, 3.63) is 106 Å². The summed E-state index contributed by atoms with van der Waals surface area (Å²) in [6, 6.07) is 27.5. The Balaban J connectivity index is 0.00000272. The van der Waals surface area contributed by atoms with Crippen LogP contribution >= 0.6 is 12.4 Å². The standard InChI is InChI=1S/C25H26N2O3.ClH/c28-27(29)22-11-13-23(14-12-22)30-25-16-18-26(17-15-20-7-3-1-4-8-20)19-24(25)21-9-5-2-6-10-21;/h1-14,24-25H,15-19H2;1H/t24-,25+;/m1./s1. The lowest BCUT2D eigenvalue weighted by Gasteiger charge is -2.39. The third-order valence-corrected chi connectivity index (χ3v) is 5.76. The number of piperidine rings is 1. The van der Waals surface area contributed by atoms with Crippen LogP contribution in [0.1, 0.15) is 23.5 Å². The number of ether oxygens (including phenoxy) is 1. The van der Waals surface area contributed by atoms with Crippen molar-refractivity contribution in [1.29, 1.82) is 0 Å². The lowest BCUT2D eigenvalue weighted by Crippen LogP contribution is -2.44. The Morgan fingerprint density at radius 3 is 2.23 bits per heavy atom. The van der Waals surface area contributed by atoms with Crippen LogP contribution in [-0.4, -0.2) is 35.6 Å². The zero-order valence-electron chi connectivity index (χ0n) is 17.3. The van der Waals surface area contributed by atoms with Gasteiger partial charge in [0, 0.05) is 37.7 Å². The van der Waals surface area contributed by atoms with Crippen molar-refractivity contribution < 1.29 is 9.66 Å². The summed E-state index contributed by atoms with van der Waals surface area (Å²) in [4.78, 5) is 13.0. The Bertz CT molecular complexity index is 952. The van der Waals surface area contributed by atoms with Crippen LogP contribution in [-0.2, 0) is 6.42 Å². The van der Waals surface area contributed by atoms with Gasteiger partial charge in [0.15, 0.2) is 0 Å². The van der Waals surface area contributed by atoms with E-state index in [0.717, 1.165) is 32.5 Å². The van der Waals surface area contributed by atoms with E-state index in [1.165, 1.54) is 23.3 Å². The molecule has 0 aromatic heterocycles. The molecule has 1 heterocycles. The first kappa shape index (κ1) is 22.8. The predicted octanol–water partition coefficient (Wildman–Crippen LogP) is 5.50. The molecule has 0 bridgehead atoms. The van der Waals surface area contributed by atoms with Crippen molar-refractivity contribution in [3.8, 4) is 5.75 Å². The Morgan fingerprint density at radius 2 is 1.58 bits per heavy atom. The van der Waals surface area contributed by atoms with Crippen molar-refractivity contribution in [2.75, 3.05) is 19.6 Å². The van der Waals surface area contributed by atoms with E-state index >= 15 is 0 Å². The smallest absolute Gasteiger partial charge is 0.269 e. The van der Waals surface area contributed by atoms with Crippen LogP contribution in [0.2, 0.25) is 0 Å². The molecular formula is C25H27ClN2O3. The summed E-state index contributed by atoms with van der Waals surface area (Å²) < 4.78 is 6.32. The predicted molar refractivity (Wildman–Crippen MR) is 125 cm³/mol. The molecule has 3 aromatic carbocycles. The number of benzene rings is 3. The number of non-ortho nitro benzene ring substituents is 1. The number of nitro benzene ring substituents is 1. The summed E-state index contributed by atoms with van der Waals surface area (Å²) in [7, 11) is 0. The van der Waals surface area contributed by atoms with Gasteiger partial charge in [-0.2, -0.15) is 0 Å². The fraction of sp³-hybridized carbons (Fsp3) is 0.280. The highest BCUT2D eigenvalue weighted by molar-refractivity contribution is 5.85. The summed E-state index contributed by atoms with van der Waals surface area (Å²) in [6.45, 7) is 2.94. The third kappa shape index (κ3) is 6.06. The lowest BCUT2D eigenvalue weighted by molar-refractivity contribution is -0.384. The zero-order valence-corrected chi connectivity index (χ0v) is 18.1. The van der Waals surface area contributed by atoms with E-state index in [0.29, 0.717) is 5.75 Å². The fourth-order valence-electron chi connectivity index (χ4n) is 4.12. The molecule has 1 saturated heterocycles. The molecule has 162 valence electrons. The highest BCUT2D eigenvalue weighted by Gasteiger charge is 2.32. The van der Waals surface area contributed by atoms with Crippen LogP contribution in [0.3, 0.4) is 0 Å². The number of halogens is 1. The molecule has 0 amide bonds. The van der Waals surface area contributed by atoms with Gasteiger partial charge in [-0.25, -0.2) is 0 Å². The molecule has 0 radical (unpaired) electrons. The SMILES string of the molecule is Cl.O=[N+]([O-])c1ccc(O[C@H]2CCN(CCc3ccccc3)C[C@@H]2c2ccccc2)cc1. The summed E-state index contributed by atoms with van der Waals surface area (Å²) in [5.41, 5.74) is 2.71. The minimum absolute atomic E-state index is 0. The quantitative estimate of drug-likeness (QED) is 0.361. The number of nitrogens with zero attached hydrogens (tertiary/aromatic N) is 2. The Labute approximate surface area is 189 Å². The molecule has 5 nitrogen and oxygen atoms in total. The summed E-state index contributed by atoms with van der Waals surface area (Å²) in [5, 5.41) is 10.9. The topological polar surface area (TPSA) is 55.6 Å². The van der Waals surface area contributed by atoms with Crippen LogP contribution in [0.25, 0.3) is 0 Å². The van der Waals surface area contributed by atoms with Crippen molar-refractivity contribution in [3.63, 3.8) is 0 Å². The van der Waals surface area contributed by atoms with Gasteiger partial charge in [-0.1, -0.05) is 60.7 Å². The van der Waals surface area contributed by atoms with Gasteiger partial charge in [0.25, 0.3) is 5.69 Å². The van der Waals surface area contributed by atoms with Gasteiger partial charge in [0.05, 0.1) is 4.92 Å². The maximum absolute atomic E-state index is 10.9. The summed E-state index contributed by atoms with van der Waals surface area (Å²) in [6.07, 6.45) is 2.00. The molecule has 4 rings (SSSR count). The second kappa shape index (κ2) is 10.9. The fourth-order valence-corrected chi connectivity index (χ4v) is 4.12. The normalized spacial score (nSPS) is 18.7. The monoisotopic (exact) mass is 438 g/mol. The second-order valence-corrected chi connectivity index (χ2v) is 7.75. The average molecular weight is 439 g/mol. The second-order valence-electron chi connectivity index (χ2n) is 7.75. The first-order valence-corrected chi connectivity index (χ1v) is 10.4. The molecule has 0 N–H and O–H groups in total. The average Bonchev–Trinajstić information content (AvgIpc) is 2.80. The van der Waals surface area contributed by atoms with Crippen LogP contribution in [0.5, 0.6) is 5.75 Å². The molecule has 0 saturated carbocycles. The van der Waals surface area contributed by atoms with Gasteiger partial charge in [-0.15, -0.1) is 12.4 Å². The van der Waals surface area contributed by atoms with E-state index in [2.05, 4.69) is 59.5 Å². The van der Waals surface area contributed by atoms with Crippen molar-refractivity contribution >= 4 is 18.1 Å². The molecule has 0 spiro atoms. The number of likely N-dealkylation sites (tertiary alicyclic amines) is 1. The number of hydrogen-bond acceptors (Lipinski definition) is 4. The molecular weight excluding hydrogens is 412 g/mol. The third-order valence-electron chi connectivity index (χ3n) is 5.76. The Hall–Kier alpha value is -2.89. The highest BCUT2D eigenvalue weighted by atomic mass is 35.5. The molecule has 1 fully saturated rings. The number of nitro groups is 1. The molecule has 0 aliphatic carbocycles. The maximum atomic E-state index is 10.9. The van der Waals surface area contributed by atoms with Gasteiger partial charge in [-0.05, 0) is 36.1 Å². The van der Waals surface area contributed by atoms with Gasteiger partial charge in [0.1, 0.15) is 11.9 Å². The zero-order chi connectivity index (χ0) is 20.8. The molecule has 0 unspecified atom stereocenters. The van der Waals surface area contributed by atoms with Crippen LogP contribution < -0.4 is 4.74 Å². The van der Waals surface area contributed by atoms with E-state index in [-0.39, 0.29) is 35.0 Å². The Morgan fingerprint density at radius 1 is 0.935 bits per heavy atom. The summed E-state index contributed by atoms with van der Waals surface area (Å²) in [5.74, 6) is 0.940. The van der Waals surface area contributed by atoms with Gasteiger partial charge in [0.2, 0.25) is 0 Å². The Kier molecular flexibility index (Phi) is 8.04. The number of rotatable bonds is 7. The minimum atomic E-state index is -0.387. The van der Waals surface area contributed by atoms with E-state index in [9.17, 15) is 10.1 Å². The van der Waals surface area contributed by atoms with Crippen LogP contribution in [0.4, 0.5) is 5.69 Å². The minimum Gasteiger partial charge on any atom is -0.490 e. The molecule has 1 aliphatic heterocycles. The molecule has 31 heavy (non-hydrogen) atoms. The molecule has 2 atom stereocenters. The lowest BCUT2D eigenvalue weighted by atomic mass is 9.87. The largest absolute Gasteiger partial charge is 0.490 e. The van der Waals surface area contributed by atoms with E-state index in [4.69, 9.17) is 4.74 Å². The number of hydrogen-bond donors (Lipinski definition) is 0.